The van der Waals surface area contributed by atoms with Gasteiger partial charge in [-0.25, -0.2) is 0 Å². The van der Waals surface area contributed by atoms with Crippen molar-refractivity contribution < 1.29 is 9.53 Å². The van der Waals surface area contributed by atoms with Crippen LogP contribution in [0.3, 0.4) is 0 Å². The highest BCUT2D eigenvalue weighted by atomic mass is 16.5. The number of hydrogen-bond donors (Lipinski definition) is 0. The number of aromatic nitrogens is 2. The molecule has 1 aromatic heterocycles. The average molecular weight is 361 g/mol. The Kier molecular flexibility index (Phi) is 5.39. The molecule has 0 unspecified atom stereocenters. The van der Waals surface area contributed by atoms with Crippen LogP contribution >= 0.6 is 0 Å². The van der Waals surface area contributed by atoms with Gasteiger partial charge in [0.25, 0.3) is 0 Å². The van der Waals surface area contributed by atoms with Crippen LogP contribution in [0.5, 0.6) is 0 Å². The van der Waals surface area contributed by atoms with Crippen LogP contribution in [0.25, 0.3) is 10.8 Å². The van der Waals surface area contributed by atoms with Crippen LogP contribution in [0.2, 0.25) is 0 Å². The fourth-order valence-corrected chi connectivity index (χ4v) is 3.64. The molecule has 27 heavy (non-hydrogen) atoms. The lowest BCUT2D eigenvalue weighted by molar-refractivity contribution is -0.138. The molecule has 0 N–H and O–H groups in total. The molecule has 2 heterocycles. The summed E-state index contributed by atoms with van der Waals surface area (Å²) in [6, 6.07) is 14.8. The van der Waals surface area contributed by atoms with Crippen molar-refractivity contribution in [3.05, 3.63) is 72.3 Å². The van der Waals surface area contributed by atoms with Crippen molar-refractivity contribution in [2.45, 2.75) is 25.4 Å². The van der Waals surface area contributed by atoms with Gasteiger partial charge in [-0.05, 0) is 22.8 Å². The van der Waals surface area contributed by atoms with Crippen LogP contribution < -0.4 is 0 Å². The molecule has 0 aliphatic carbocycles. The Balaban J connectivity index is 1.38. The van der Waals surface area contributed by atoms with Gasteiger partial charge in [0.05, 0.1) is 18.4 Å². The van der Waals surface area contributed by atoms with Crippen LogP contribution in [0, 0.1) is 0 Å². The molecule has 3 aromatic rings. The monoisotopic (exact) mass is 361 g/mol. The molecular weight excluding hydrogens is 338 g/mol. The highest BCUT2D eigenvalue weighted by molar-refractivity contribution is 5.85. The van der Waals surface area contributed by atoms with E-state index in [1.165, 1.54) is 16.3 Å². The van der Waals surface area contributed by atoms with Crippen molar-refractivity contribution in [2.24, 2.45) is 0 Å². The van der Waals surface area contributed by atoms with Gasteiger partial charge in [0.15, 0.2) is 0 Å². The number of fused-ring (bicyclic) bond motifs is 1. The summed E-state index contributed by atoms with van der Waals surface area (Å²) in [5.41, 5.74) is 2.12. The van der Waals surface area contributed by atoms with Gasteiger partial charge in [-0.15, -0.1) is 0 Å². The number of nitrogens with zero attached hydrogens (tertiary/aromatic N) is 3. The Labute approximate surface area is 159 Å². The molecule has 1 aliphatic heterocycles. The number of ether oxygens (including phenoxy) is 1. The minimum absolute atomic E-state index is 0.0324. The number of hydrogen-bond acceptors (Lipinski definition) is 4. The zero-order valence-electron chi connectivity index (χ0n) is 15.3. The van der Waals surface area contributed by atoms with E-state index in [1.54, 1.807) is 18.6 Å². The minimum atomic E-state index is 0.0324. The van der Waals surface area contributed by atoms with E-state index in [0.717, 1.165) is 12.1 Å². The summed E-state index contributed by atoms with van der Waals surface area (Å²) >= 11 is 0. The zero-order chi connectivity index (χ0) is 18.5. The SMILES string of the molecule is O=C(CCc1cnccn1)N1CCO[C@@H](Cc2cccc3ccccc23)C1. The molecule has 0 spiro atoms. The van der Waals surface area contributed by atoms with Gasteiger partial charge in [-0.2, -0.15) is 0 Å². The number of morpholine rings is 1. The highest BCUT2D eigenvalue weighted by Gasteiger charge is 2.24. The van der Waals surface area contributed by atoms with E-state index in [9.17, 15) is 4.79 Å². The summed E-state index contributed by atoms with van der Waals surface area (Å²) in [7, 11) is 0. The molecule has 5 nitrogen and oxygen atoms in total. The third-order valence-electron chi connectivity index (χ3n) is 5.03. The van der Waals surface area contributed by atoms with Gasteiger partial charge >= 0.3 is 0 Å². The number of carbonyl (C=O) groups excluding carboxylic acids is 1. The van der Waals surface area contributed by atoms with Gasteiger partial charge in [-0.1, -0.05) is 42.5 Å². The van der Waals surface area contributed by atoms with Crippen LogP contribution in [-0.4, -0.2) is 46.6 Å². The van der Waals surface area contributed by atoms with Gasteiger partial charge in [0.2, 0.25) is 5.91 Å². The smallest absolute Gasteiger partial charge is 0.223 e. The fourth-order valence-electron chi connectivity index (χ4n) is 3.64. The first-order valence-corrected chi connectivity index (χ1v) is 9.40. The predicted octanol–water partition coefficient (Wildman–Crippen LogP) is 3.03. The van der Waals surface area contributed by atoms with Crippen LogP contribution in [0.4, 0.5) is 0 Å². The van der Waals surface area contributed by atoms with E-state index in [1.807, 2.05) is 4.90 Å². The first-order chi connectivity index (χ1) is 13.3. The maximum Gasteiger partial charge on any atom is 0.223 e. The number of aryl methyl sites for hydroxylation is 1. The second-order valence-corrected chi connectivity index (χ2v) is 6.87. The Bertz CT molecular complexity index is 908. The van der Waals surface area contributed by atoms with Gasteiger partial charge < -0.3 is 9.64 Å². The minimum Gasteiger partial charge on any atom is -0.374 e. The predicted molar refractivity (Wildman–Crippen MR) is 104 cm³/mol. The molecule has 5 heteroatoms. The molecule has 1 atom stereocenters. The molecule has 2 aromatic carbocycles. The molecule has 0 saturated carbocycles. The number of rotatable bonds is 5. The molecule has 0 radical (unpaired) electrons. The average Bonchev–Trinajstić information content (AvgIpc) is 2.73. The van der Waals surface area contributed by atoms with E-state index in [0.29, 0.717) is 32.5 Å². The molecule has 4 rings (SSSR count). The zero-order valence-corrected chi connectivity index (χ0v) is 15.3. The maximum atomic E-state index is 12.6. The lowest BCUT2D eigenvalue weighted by Gasteiger charge is -2.33. The van der Waals surface area contributed by atoms with E-state index in [2.05, 4.69) is 52.4 Å². The number of amides is 1. The van der Waals surface area contributed by atoms with Crippen molar-refractivity contribution >= 4 is 16.7 Å². The number of benzene rings is 2. The molecule has 138 valence electrons. The third kappa shape index (κ3) is 4.31. The topological polar surface area (TPSA) is 55.3 Å². The summed E-state index contributed by atoms with van der Waals surface area (Å²) in [4.78, 5) is 22.8. The summed E-state index contributed by atoms with van der Waals surface area (Å²) in [5.74, 6) is 0.159. The van der Waals surface area contributed by atoms with Crippen molar-refractivity contribution in [2.75, 3.05) is 19.7 Å². The van der Waals surface area contributed by atoms with Crippen LogP contribution in [-0.2, 0) is 22.4 Å². The molecule has 1 saturated heterocycles. The Morgan fingerprint density at radius 3 is 2.93 bits per heavy atom. The largest absolute Gasteiger partial charge is 0.374 e. The highest BCUT2D eigenvalue weighted by Crippen LogP contribution is 2.22. The van der Waals surface area contributed by atoms with Gasteiger partial charge in [0, 0.05) is 44.5 Å². The van der Waals surface area contributed by atoms with E-state index in [4.69, 9.17) is 4.74 Å². The van der Waals surface area contributed by atoms with Crippen LogP contribution in [0.15, 0.2) is 61.1 Å². The van der Waals surface area contributed by atoms with E-state index < -0.39 is 0 Å². The Morgan fingerprint density at radius 1 is 1.15 bits per heavy atom. The quantitative estimate of drug-likeness (QED) is 0.701. The molecule has 1 amide bonds. The van der Waals surface area contributed by atoms with Crippen molar-refractivity contribution in [3.8, 4) is 0 Å². The van der Waals surface area contributed by atoms with Crippen molar-refractivity contribution in [1.29, 1.82) is 0 Å². The molecule has 1 fully saturated rings. The van der Waals surface area contributed by atoms with Crippen molar-refractivity contribution in [3.63, 3.8) is 0 Å². The summed E-state index contributed by atoms with van der Waals surface area (Å²) in [5, 5.41) is 2.50. The second kappa shape index (κ2) is 8.27. The normalized spacial score (nSPS) is 17.2. The lowest BCUT2D eigenvalue weighted by Crippen LogP contribution is -2.46. The third-order valence-corrected chi connectivity index (χ3v) is 5.03. The van der Waals surface area contributed by atoms with E-state index >= 15 is 0 Å². The van der Waals surface area contributed by atoms with Crippen molar-refractivity contribution in [1.82, 2.24) is 14.9 Å². The van der Waals surface area contributed by atoms with Crippen LogP contribution in [0.1, 0.15) is 17.7 Å². The lowest BCUT2D eigenvalue weighted by atomic mass is 9.99. The first-order valence-electron chi connectivity index (χ1n) is 9.40. The van der Waals surface area contributed by atoms with Gasteiger partial charge in [-0.3, -0.25) is 14.8 Å². The molecular formula is C22H23N3O2. The second-order valence-electron chi connectivity index (χ2n) is 6.87. The summed E-state index contributed by atoms with van der Waals surface area (Å²) < 4.78 is 5.96. The molecule has 0 bridgehead atoms. The number of carbonyl (C=O) groups is 1. The molecule has 1 aliphatic rings. The van der Waals surface area contributed by atoms with E-state index in [-0.39, 0.29) is 12.0 Å². The Hall–Kier alpha value is -2.79. The summed E-state index contributed by atoms with van der Waals surface area (Å²) in [6.45, 7) is 1.89. The maximum absolute atomic E-state index is 12.6. The van der Waals surface area contributed by atoms with Gasteiger partial charge in [0.1, 0.15) is 0 Å². The standard InChI is InChI=1S/C22H23N3O2/c26-22(9-8-19-15-23-10-11-24-19)25-12-13-27-20(16-25)14-18-6-3-5-17-4-1-2-7-21(17)18/h1-7,10-11,15,20H,8-9,12-14,16H2/t20-/m0/s1. The first kappa shape index (κ1) is 17.6. The summed E-state index contributed by atoms with van der Waals surface area (Å²) in [6.07, 6.45) is 6.95. The Morgan fingerprint density at radius 2 is 2.04 bits per heavy atom. The fraction of sp³-hybridized carbons (Fsp3) is 0.318.